The number of nitrogens with zero attached hydrogens (tertiary/aromatic N) is 2. The first-order valence-corrected chi connectivity index (χ1v) is 14.0. The van der Waals surface area contributed by atoms with Crippen LogP contribution in [0.15, 0.2) is 42.5 Å². The minimum atomic E-state index is -4.05. The van der Waals surface area contributed by atoms with Crippen LogP contribution in [0.1, 0.15) is 44.6 Å². The summed E-state index contributed by atoms with van der Waals surface area (Å²) in [5.74, 6) is -2.80. The fourth-order valence-electron chi connectivity index (χ4n) is 4.51. The van der Waals surface area contributed by atoms with E-state index in [9.17, 15) is 26.8 Å². The predicted molar refractivity (Wildman–Crippen MR) is 137 cm³/mol. The van der Waals surface area contributed by atoms with E-state index in [4.69, 9.17) is 4.74 Å². The fraction of sp³-hybridized carbons (Fsp3) is 0.462. The van der Waals surface area contributed by atoms with Gasteiger partial charge in [0, 0.05) is 18.7 Å². The van der Waals surface area contributed by atoms with E-state index in [-0.39, 0.29) is 30.6 Å². The Kier molecular flexibility index (Phi) is 9.47. The highest BCUT2D eigenvalue weighted by Crippen LogP contribution is 2.23. The molecule has 0 spiro atoms. The lowest BCUT2D eigenvalue weighted by Crippen LogP contribution is -2.53. The Hall–Kier alpha value is -3.21. The molecule has 37 heavy (non-hydrogen) atoms. The van der Waals surface area contributed by atoms with E-state index in [0.29, 0.717) is 15.6 Å². The molecule has 1 fully saturated rings. The zero-order valence-corrected chi connectivity index (χ0v) is 22.1. The van der Waals surface area contributed by atoms with Crippen molar-refractivity contribution in [2.24, 2.45) is 0 Å². The lowest BCUT2D eigenvalue weighted by molar-refractivity contribution is -0.140. The Labute approximate surface area is 216 Å². The Morgan fingerprint density at radius 3 is 2.41 bits per heavy atom. The van der Waals surface area contributed by atoms with E-state index in [2.05, 4.69) is 5.32 Å². The number of sulfonamides is 1. The van der Waals surface area contributed by atoms with E-state index in [1.165, 1.54) is 12.0 Å². The zero-order chi connectivity index (χ0) is 27.2. The summed E-state index contributed by atoms with van der Waals surface area (Å²) in [6.07, 6.45) is 4.93. The molecule has 0 bridgehead atoms. The molecule has 1 atom stereocenters. The van der Waals surface area contributed by atoms with Crippen LogP contribution in [0.25, 0.3) is 0 Å². The lowest BCUT2D eigenvalue weighted by Gasteiger charge is -2.33. The summed E-state index contributed by atoms with van der Waals surface area (Å²) < 4.78 is 58.5. The van der Waals surface area contributed by atoms with Crippen LogP contribution in [-0.4, -0.2) is 57.1 Å². The summed E-state index contributed by atoms with van der Waals surface area (Å²) in [6, 6.07) is 8.76. The SMILES string of the molecule is CC[C@@H](C(=O)NC1CCCC1)N(Cc1cccc(OC)c1)C(=O)CN(c1ccc(F)c(F)c1)S(C)(=O)=O. The van der Waals surface area contributed by atoms with Gasteiger partial charge >= 0.3 is 0 Å². The molecule has 0 aliphatic heterocycles. The third-order valence-corrected chi connectivity index (χ3v) is 7.59. The van der Waals surface area contributed by atoms with E-state index >= 15 is 0 Å². The maximum absolute atomic E-state index is 13.9. The number of nitrogens with one attached hydrogen (secondary N) is 1. The van der Waals surface area contributed by atoms with Crippen molar-refractivity contribution >= 4 is 27.5 Å². The second-order valence-corrected chi connectivity index (χ2v) is 11.1. The highest BCUT2D eigenvalue weighted by molar-refractivity contribution is 7.92. The maximum atomic E-state index is 13.9. The van der Waals surface area contributed by atoms with E-state index in [1.54, 1.807) is 31.2 Å². The second kappa shape index (κ2) is 12.4. The van der Waals surface area contributed by atoms with Crippen molar-refractivity contribution in [3.8, 4) is 5.75 Å². The van der Waals surface area contributed by atoms with Gasteiger partial charge in [0.1, 0.15) is 18.3 Å². The zero-order valence-electron chi connectivity index (χ0n) is 21.2. The number of rotatable bonds is 11. The molecule has 2 aromatic rings. The molecule has 11 heteroatoms. The van der Waals surface area contributed by atoms with Gasteiger partial charge in [-0.1, -0.05) is 31.9 Å². The van der Waals surface area contributed by atoms with E-state index in [0.717, 1.165) is 50.1 Å². The average molecular weight is 538 g/mol. The Balaban J connectivity index is 1.94. The molecule has 0 heterocycles. The van der Waals surface area contributed by atoms with Gasteiger partial charge in [0.05, 0.1) is 19.1 Å². The van der Waals surface area contributed by atoms with Crippen molar-refractivity contribution in [3.63, 3.8) is 0 Å². The maximum Gasteiger partial charge on any atom is 0.244 e. The van der Waals surface area contributed by atoms with Gasteiger partial charge in [-0.15, -0.1) is 0 Å². The fourth-order valence-corrected chi connectivity index (χ4v) is 5.35. The van der Waals surface area contributed by atoms with Gasteiger partial charge in [0.25, 0.3) is 0 Å². The topological polar surface area (TPSA) is 96.0 Å². The standard InChI is InChI=1S/C26H33F2N3O5S/c1-4-24(26(33)29-19-9-5-6-10-19)30(16-18-8-7-11-21(14-18)36-2)25(32)17-31(37(3,34)35)20-12-13-22(27)23(28)15-20/h7-8,11-15,19,24H,4-6,9-10,16-17H2,1-3H3,(H,29,33)/t24-/m0/s1. The normalized spacial score (nSPS) is 14.7. The molecule has 0 unspecified atom stereocenters. The van der Waals surface area contributed by atoms with Gasteiger partial charge in [0.15, 0.2) is 11.6 Å². The lowest BCUT2D eigenvalue weighted by atomic mass is 10.1. The van der Waals surface area contributed by atoms with Crippen LogP contribution in [0.5, 0.6) is 5.75 Å². The predicted octanol–water partition coefficient (Wildman–Crippen LogP) is 3.61. The van der Waals surface area contributed by atoms with Crippen molar-refractivity contribution in [3.05, 3.63) is 59.7 Å². The van der Waals surface area contributed by atoms with E-state index in [1.807, 2.05) is 0 Å². The number of hydrogen-bond donors (Lipinski definition) is 1. The molecule has 202 valence electrons. The molecule has 0 radical (unpaired) electrons. The summed E-state index contributed by atoms with van der Waals surface area (Å²) >= 11 is 0. The van der Waals surface area contributed by atoms with Crippen molar-refractivity contribution < 1.29 is 31.5 Å². The van der Waals surface area contributed by atoms with Crippen LogP contribution >= 0.6 is 0 Å². The quantitative estimate of drug-likeness (QED) is 0.473. The molecule has 0 aromatic heterocycles. The monoisotopic (exact) mass is 537 g/mol. The highest BCUT2D eigenvalue weighted by atomic mass is 32.2. The molecule has 0 saturated heterocycles. The number of methoxy groups -OCH3 is 1. The van der Waals surface area contributed by atoms with Crippen LogP contribution in [0, 0.1) is 11.6 Å². The van der Waals surface area contributed by atoms with Gasteiger partial charge in [0.2, 0.25) is 21.8 Å². The molecule has 2 amide bonds. The molecule has 8 nitrogen and oxygen atoms in total. The first-order valence-electron chi connectivity index (χ1n) is 12.2. The molecule has 3 rings (SSSR count). The largest absolute Gasteiger partial charge is 0.497 e. The number of carbonyl (C=O) groups excluding carboxylic acids is 2. The van der Waals surface area contributed by atoms with Crippen LogP contribution in [0.3, 0.4) is 0 Å². The molecule has 1 aliphatic carbocycles. The van der Waals surface area contributed by atoms with Crippen molar-refractivity contribution in [1.29, 1.82) is 0 Å². The smallest absolute Gasteiger partial charge is 0.244 e. The van der Waals surface area contributed by atoms with E-state index < -0.39 is 40.2 Å². The van der Waals surface area contributed by atoms with Gasteiger partial charge in [-0.05, 0) is 49.1 Å². The minimum Gasteiger partial charge on any atom is -0.497 e. The number of carbonyl (C=O) groups is 2. The van der Waals surface area contributed by atoms with Gasteiger partial charge in [-0.2, -0.15) is 0 Å². The average Bonchev–Trinajstić information content (AvgIpc) is 3.36. The summed E-state index contributed by atoms with van der Waals surface area (Å²) in [6.45, 7) is 1.09. The van der Waals surface area contributed by atoms with Crippen molar-refractivity contribution in [1.82, 2.24) is 10.2 Å². The number of hydrogen-bond acceptors (Lipinski definition) is 5. The third-order valence-electron chi connectivity index (χ3n) is 6.44. The molecule has 2 aromatic carbocycles. The Morgan fingerprint density at radius 1 is 1.11 bits per heavy atom. The molecule has 1 saturated carbocycles. The van der Waals surface area contributed by atoms with Crippen LogP contribution in [0.4, 0.5) is 14.5 Å². The van der Waals surface area contributed by atoms with Crippen LogP contribution < -0.4 is 14.4 Å². The van der Waals surface area contributed by atoms with Crippen LogP contribution in [0.2, 0.25) is 0 Å². The Bertz CT molecular complexity index is 1220. The van der Waals surface area contributed by atoms with Gasteiger partial charge < -0.3 is 15.0 Å². The minimum absolute atomic E-state index is 0.0159. The highest BCUT2D eigenvalue weighted by Gasteiger charge is 2.33. The molecule has 1 N–H and O–H groups in total. The number of halogens is 2. The van der Waals surface area contributed by atoms with Crippen LogP contribution in [-0.2, 0) is 26.2 Å². The molecular formula is C26H33F2N3O5S. The third kappa shape index (κ3) is 7.41. The first-order chi connectivity index (χ1) is 17.5. The Morgan fingerprint density at radius 2 is 1.81 bits per heavy atom. The summed E-state index contributed by atoms with van der Waals surface area (Å²) in [5.41, 5.74) is 0.484. The number of benzene rings is 2. The number of amides is 2. The summed E-state index contributed by atoms with van der Waals surface area (Å²) in [5, 5.41) is 3.02. The first kappa shape index (κ1) is 28.4. The summed E-state index contributed by atoms with van der Waals surface area (Å²) in [4.78, 5) is 28.3. The molecule has 1 aliphatic rings. The number of anilines is 1. The van der Waals surface area contributed by atoms with Gasteiger partial charge in [-0.25, -0.2) is 17.2 Å². The van der Waals surface area contributed by atoms with Gasteiger partial charge in [-0.3, -0.25) is 13.9 Å². The number of ether oxygens (including phenoxy) is 1. The second-order valence-electron chi connectivity index (χ2n) is 9.16. The summed E-state index contributed by atoms with van der Waals surface area (Å²) in [7, 11) is -2.54. The molecular weight excluding hydrogens is 504 g/mol. The van der Waals surface area contributed by atoms with Crippen molar-refractivity contribution in [2.45, 2.75) is 57.7 Å². The van der Waals surface area contributed by atoms with Crippen molar-refractivity contribution in [2.75, 3.05) is 24.2 Å².